The molecule has 2 N–H and O–H groups in total. The van der Waals surface area contributed by atoms with Crippen molar-refractivity contribution in [3.05, 3.63) is 40.4 Å². The van der Waals surface area contributed by atoms with Crippen LogP contribution < -0.4 is 10.9 Å². The molecule has 0 spiro atoms. The van der Waals surface area contributed by atoms with Crippen LogP contribution in [0.4, 0.5) is 0 Å². The predicted molar refractivity (Wildman–Crippen MR) is 83.8 cm³/mol. The average molecular weight is 296 g/mol. The molecule has 0 atom stereocenters. The van der Waals surface area contributed by atoms with E-state index in [2.05, 4.69) is 15.3 Å². The summed E-state index contributed by atoms with van der Waals surface area (Å²) in [6.07, 6.45) is 3.51. The smallest absolute Gasteiger partial charge is 0.278 e. The highest BCUT2D eigenvalue weighted by Crippen LogP contribution is 2.22. The summed E-state index contributed by atoms with van der Waals surface area (Å²) in [5.74, 6) is -0.141. The highest BCUT2D eigenvalue weighted by atomic mass is 16.2. The first-order valence-electron chi connectivity index (χ1n) is 7.38. The van der Waals surface area contributed by atoms with Gasteiger partial charge in [0.05, 0.1) is 6.33 Å². The molecular weight excluding hydrogens is 280 g/mol. The van der Waals surface area contributed by atoms with Crippen LogP contribution in [0.15, 0.2) is 29.3 Å². The van der Waals surface area contributed by atoms with Crippen molar-refractivity contribution in [1.82, 2.24) is 19.9 Å². The molecule has 6 heteroatoms. The van der Waals surface area contributed by atoms with Crippen LogP contribution in [0.3, 0.4) is 0 Å². The maximum Gasteiger partial charge on any atom is 0.278 e. The molecule has 3 aromatic rings. The average Bonchev–Trinajstić information content (AvgIpc) is 3.21. The highest BCUT2D eigenvalue weighted by molar-refractivity contribution is 6.04. The minimum absolute atomic E-state index is 0.00661. The molecule has 1 fully saturated rings. The first kappa shape index (κ1) is 13.1. The quantitative estimate of drug-likeness (QED) is 0.768. The minimum atomic E-state index is -0.218. The van der Waals surface area contributed by atoms with E-state index in [0.29, 0.717) is 11.0 Å². The molecule has 0 unspecified atom stereocenters. The Hall–Kier alpha value is -2.63. The first-order chi connectivity index (χ1) is 10.6. The van der Waals surface area contributed by atoms with Crippen molar-refractivity contribution in [2.45, 2.75) is 32.4 Å². The van der Waals surface area contributed by atoms with E-state index in [-0.39, 0.29) is 24.1 Å². The van der Waals surface area contributed by atoms with Crippen molar-refractivity contribution in [2.75, 3.05) is 0 Å². The minimum Gasteiger partial charge on any atom is -0.352 e. The van der Waals surface area contributed by atoms with Crippen LogP contribution >= 0.6 is 0 Å². The van der Waals surface area contributed by atoms with Gasteiger partial charge in [-0.05, 0) is 31.9 Å². The molecule has 1 aliphatic rings. The number of hydrogen-bond acceptors (Lipinski definition) is 3. The number of nitrogens with zero attached hydrogens (tertiary/aromatic N) is 2. The van der Waals surface area contributed by atoms with Gasteiger partial charge in [0, 0.05) is 16.9 Å². The zero-order valence-electron chi connectivity index (χ0n) is 12.2. The lowest BCUT2D eigenvalue weighted by Crippen LogP contribution is -2.33. The standard InChI is InChI=1S/C16H16N4O2/c1-9-2-5-12-11(6-9)14-15(19-12)16(22)20(8-17-14)7-13(21)18-10-3-4-10/h2,5-6,8,10,19H,3-4,7H2,1H3,(H,18,21). The molecule has 0 saturated heterocycles. The molecule has 4 rings (SSSR count). The number of carbonyl (C=O) groups excluding carboxylic acids is 1. The van der Waals surface area contributed by atoms with E-state index >= 15 is 0 Å². The molecule has 0 radical (unpaired) electrons. The van der Waals surface area contributed by atoms with E-state index in [1.807, 2.05) is 25.1 Å². The Morgan fingerprint density at radius 3 is 3.05 bits per heavy atom. The van der Waals surface area contributed by atoms with E-state index in [1.54, 1.807) is 0 Å². The molecule has 2 aromatic heterocycles. The number of hydrogen-bond donors (Lipinski definition) is 2. The Morgan fingerprint density at radius 2 is 2.27 bits per heavy atom. The molecule has 1 saturated carbocycles. The molecule has 6 nitrogen and oxygen atoms in total. The topological polar surface area (TPSA) is 79.8 Å². The van der Waals surface area contributed by atoms with Crippen molar-refractivity contribution in [2.24, 2.45) is 0 Å². The van der Waals surface area contributed by atoms with Crippen LogP contribution in [-0.4, -0.2) is 26.5 Å². The Labute approximate surface area is 126 Å². The predicted octanol–water partition coefficient (Wildman–Crippen LogP) is 1.46. The van der Waals surface area contributed by atoms with Gasteiger partial charge in [0.2, 0.25) is 5.91 Å². The molecule has 1 aromatic carbocycles. The third-order valence-corrected chi connectivity index (χ3v) is 3.98. The fraction of sp³-hybridized carbons (Fsp3) is 0.312. The molecule has 0 aliphatic heterocycles. The van der Waals surface area contributed by atoms with E-state index in [1.165, 1.54) is 10.9 Å². The monoisotopic (exact) mass is 296 g/mol. The molecule has 22 heavy (non-hydrogen) atoms. The van der Waals surface area contributed by atoms with Gasteiger partial charge in [0.1, 0.15) is 17.6 Å². The van der Waals surface area contributed by atoms with Crippen molar-refractivity contribution in [3.63, 3.8) is 0 Å². The number of nitrogens with one attached hydrogen (secondary N) is 2. The van der Waals surface area contributed by atoms with E-state index in [0.717, 1.165) is 29.3 Å². The maximum atomic E-state index is 12.5. The Balaban J connectivity index is 1.77. The molecule has 1 amide bonds. The van der Waals surface area contributed by atoms with Gasteiger partial charge in [-0.2, -0.15) is 0 Å². The third kappa shape index (κ3) is 2.16. The SMILES string of the molecule is Cc1ccc2[nH]c3c(=O)n(CC(=O)NC4CC4)cnc3c2c1. The van der Waals surface area contributed by atoms with Crippen LogP contribution in [0.5, 0.6) is 0 Å². The van der Waals surface area contributed by atoms with Gasteiger partial charge in [-0.15, -0.1) is 0 Å². The van der Waals surface area contributed by atoms with Crippen LogP contribution in [0.2, 0.25) is 0 Å². The van der Waals surface area contributed by atoms with Gasteiger partial charge in [0.15, 0.2) is 0 Å². The summed E-state index contributed by atoms with van der Waals surface area (Å²) < 4.78 is 1.35. The number of amides is 1. The molecule has 0 bridgehead atoms. The summed E-state index contributed by atoms with van der Waals surface area (Å²) in [4.78, 5) is 31.9. The van der Waals surface area contributed by atoms with Crippen molar-refractivity contribution < 1.29 is 4.79 Å². The first-order valence-corrected chi connectivity index (χ1v) is 7.38. The van der Waals surface area contributed by atoms with Gasteiger partial charge in [-0.3, -0.25) is 14.2 Å². The molecular formula is C16H16N4O2. The molecule has 2 heterocycles. The number of aryl methyl sites for hydroxylation is 1. The van der Waals surface area contributed by atoms with Gasteiger partial charge < -0.3 is 10.3 Å². The number of aromatic nitrogens is 3. The van der Waals surface area contributed by atoms with Crippen molar-refractivity contribution >= 4 is 27.8 Å². The number of fused-ring (bicyclic) bond motifs is 3. The highest BCUT2D eigenvalue weighted by Gasteiger charge is 2.23. The van der Waals surface area contributed by atoms with Crippen LogP contribution in [0.1, 0.15) is 18.4 Å². The number of H-pyrrole nitrogens is 1. The lowest BCUT2D eigenvalue weighted by atomic mass is 10.2. The van der Waals surface area contributed by atoms with E-state index < -0.39 is 0 Å². The van der Waals surface area contributed by atoms with Crippen LogP contribution in [0, 0.1) is 6.92 Å². The summed E-state index contributed by atoms with van der Waals surface area (Å²) in [5, 5.41) is 3.81. The Bertz CT molecular complexity index is 950. The third-order valence-electron chi connectivity index (χ3n) is 3.98. The second-order valence-electron chi connectivity index (χ2n) is 5.92. The van der Waals surface area contributed by atoms with Crippen LogP contribution in [-0.2, 0) is 11.3 Å². The van der Waals surface area contributed by atoms with Gasteiger partial charge >= 0.3 is 0 Å². The summed E-state index contributed by atoms with van der Waals surface area (Å²) >= 11 is 0. The maximum absolute atomic E-state index is 12.5. The number of benzene rings is 1. The zero-order valence-corrected chi connectivity index (χ0v) is 12.2. The summed E-state index contributed by atoms with van der Waals surface area (Å²) in [6.45, 7) is 2.01. The summed E-state index contributed by atoms with van der Waals surface area (Å²) in [6, 6.07) is 6.22. The number of rotatable bonds is 3. The van der Waals surface area contributed by atoms with Crippen molar-refractivity contribution in [1.29, 1.82) is 0 Å². The van der Waals surface area contributed by atoms with Crippen LogP contribution in [0.25, 0.3) is 21.9 Å². The Kier molecular flexibility index (Phi) is 2.79. The number of aromatic amines is 1. The summed E-state index contributed by atoms with van der Waals surface area (Å²) in [5.41, 5.74) is 2.88. The fourth-order valence-electron chi connectivity index (χ4n) is 2.67. The lowest BCUT2D eigenvalue weighted by molar-refractivity contribution is -0.121. The zero-order chi connectivity index (χ0) is 15.3. The fourth-order valence-corrected chi connectivity index (χ4v) is 2.67. The number of carbonyl (C=O) groups is 1. The second-order valence-corrected chi connectivity index (χ2v) is 5.92. The second kappa shape index (κ2) is 4.69. The van der Waals surface area contributed by atoms with Crippen molar-refractivity contribution in [3.8, 4) is 0 Å². The summed E-state index contributed by atoms with van der Waals surface area (Å²) in [7, 11) is 0. The normalized spacial score (nSPS) is 14.6. The molecule has 1 aliphatic carbocycles. The van der Waals surface area contributed by atoms with E-state index in [4.69, 9.17) is 0 Å². The van der Waals surface area contributed by atoms with Gasteiger partial charge in [-0.1, -0.05) is 11.6 Å². The van der Waals surface area contributed by atoms with Gasteiger partial charge in [-0.25, -0.2) is 4.98 Å². The lowest BCUT2D eigenvalue weighted by Gasteiger charge is -2.05. The van der Waals surface area contributed by atoms with Gasteiger partial charge in [0.25, 0.3) is 5.56 Å². The largest absolute Gasteiger partial charge is 0.352 e. The molecule has 112 valence electrons. The van der Waals surface area contributed by atoms with E-state index in [9.17, 15) is 9.59 Å². The Morgan fingerprint density at radius 1 is 1.45 bits per heavy atom.